The fourth-order valence-corrected chi connectivity index (χ4v) is 2.98. The van der Waals surface area contributed by atoms with Crippen LogP contribution in [0.3, 0.4) is 0 Å². The number of ether oxygens (including phenoxy) is 1. The summed E-state index contributed by atoms with van der Waals surface area (Å²) in [4.78, 5) is 0.241. The smallest absolute Gasteiger partial charge is 0.261 e. The van der Waals surface area contributed by atoms with Gasteiger partial charge in [-0.1, -0.05) is 30.3 Å². The van der Waals surface area contributed by atoms with Gasteiger partial charge in [-0.2, -0.15) is 0 Å². The number of aryl methyl sites for hydroxylation is 1. The predicted molar refractivity (Wildman–Crippen MR) is 79.1 cm³/mol. The van der Waals surface area contributed by atoms with E-state index in [1.165, 1.54) is 0 Å². The van der Waals surface area contributed by atoms with Crippen molar-refractivity contribution in [1.29, 1.82) is 0 Å². The number of methoxy groups -OCH3 is 1. The zero-order chi connectivity index (χ0) is 14.6. The summed E-state index contributed by atoms with van der Waals surface area (Å²) < 4.78 is 32.3. The van der Waals surface area contributed by atoms with Gasteiger partial charge in [0.15, 0.2) is 0 Å². The van der Waals surface area contributed by atoms with Crippen molar-refractivity contribution < 1.29 is 13.2 Å². The zero-order valence-corrected chi connectivity index (χ0v) is 12.3. The highest BCUT2D eigenvalue weighted by Gasteiger charge is 2.15. The molecule has 0 fully saturated rings. The van der Waals surface area contributed by atoms with Crippen LogP contribution in [-0.2, 0) is 21.4 Å². The first-order valence-electron chi connectivity index (χ1n) is 6.19. The van der Waals surface area contributed by atoms with E-state index in [2.05, 4.69) is 4.72 Å². The highest BCUT2D eigenvalue weighted by molar-refractivity contribution is 7.92. The van der Waals surface area contributed by atoms with Crippen molar-refractivity contribution in [3.05, 3.63) is 59.7 Å². The first-order chi connectivity index (χ1) is 9.53. The lowest BCUT2D eigenvalue weighted by Gasteiger charge is -2.13. The van der Waals surface area contributed by atoms with E-state index in [1.807, 2.05) is 19.1 Å². The minimum atomic E-state index is -3.58. The lowest BCUT2D eigenvalue weighted by molar-refractivity contribution is 0.185. The van der Waals surface area contributed by atoms with E-state index in [-0.39, 0.29) is 4.90 Å². The van der Waals surface area contributed by atoms with E-state index in [0.717, 1.165) is 11.1 Å². The van der Waals surface area contributed by atoms with E-state index in [0.29, 0.717) is 12.3 Å². The zero-order valence-electron chi connectivity index (χ0n) is 11.5. The Kier molecular flexibility index (Phi) is 4.42. The average molecular weight is 291 g/mol. The Morgan fingerprint density at radius 2 is 1.80 bits per heavy atom. The molecule has 0 unspecified atom stereocenters. The second-order valence-corrected chi connectivity index (χ2v) is 6.19. The van der Waals surface area contributed by atoms with Crippen molar-refractivity contribution in [2.24, 2.45) is 0 Å². The molecule has 0 spiro atoms. The summed E-state index contributed by atoms with van der Waals surface area (Å²) in [6.07, 6.45) is 0. The average Bonchev–Trinajstić information content (AvgIpc) is 2.43. The molecule has 0 atom stereocenters. The standard InChI is InChI=1S/C15H17NO3S/c1-12-8-9-13(11-19-2)15(10-12)16-20(17,18)14-6-4-3-5-7-14/h3-10,16H,11H2,1-2H3. The summed E-state index contributed by atoms with van der Waals surface area (Å²) in [6.45, 7) is 2.27. The molecular weight excluding hydrogens is 274 g/mol. The number of rotatable bonds is 5. The highest BCUT2D eigenvalue weighted by atomic mass is 32.2. The van der Waals surface area contributed by atoms with Gasteiger partial charge in [0.2, 0.25) is 0 Å². The molecule has 1 N–H and O–H groups in total. The normalized spacial score (nSPS) is 11.3. The molecule has 0 heterocycles. The van der Waals surface area contributed by atoms with Crippen LogP contribution in [0.4, 0.5) is 5.69 Å². The third kappa shape index (κ3) is 3.37. The van der Waals surface area contributed by atoms with Crippen LogP contribution >= 0.6 is 0 Å². The van der Waals surface area contributed by atoms with Gasteiger partial charge in [0.05, 0.1) is 17.2 Å². The van der Waals surface area contributed by atoms with Gasteiger partial charge in [0.1, 0.15) is 0 Å². The van der Waals surface area contributed by atoms with Crippen LogP contribution in [0.1, 0.15) is 11.1 Å². The van der Waals surface area contributed by atoms with Crippen LogP contribution in [0, 0.1) is 6.92 Å². The maximum atomic E-state index is 12.3. The molecule has 106 valence electrons. The first-order valence-corrected chi connectivity index (χ1v) is 7.67. The molecule has 0 amide bonds. The minimum absolute atomic E-state index is 0.241. The summed E-state index contributed by atoms with van der Waals surface area (Å²) in [6, 6.07) is 13.9. The second kappa shape index (κ2) is 6.07. The van der Waals surface area contributed by atoms with Gasteiger partial charge in [-0.05, 0) is 30.7 Å². The van der Waals surface area contributed by atoms with E-state index in [1.54, 1.807) is 43.5 Å². The van der Waals surface area contributed by atoms with Crippen molar-refractivity contribution in [3.63, 3.8) is 0 Å². The van der Waals surface area contributed by atoms with Gasteiger partial charge < -0.3 is 4.74 Å². The molecule has 0 radical (unpaired) electrons. The van der Waals surface area contributed by atoms with Gasteiger partial charge in [-0.3, -0.25) is 4.72 Å². The van der Waals surface area contributed by atoms with Crippen molar-refractivity contribution in [3.8, 4) is 0 Å². The van der Waals surface area contributed by atoms with Crippen molar-refractivity contribution >= 4 is 15.7 Å². The topological polar surface area (TPSA) is 55.4 Å². The predicted octanol–water partition coefficient (Wildman–Crippen LogP) is 2.94. The first kappa shape index (κ1) is 14.6. The van der Waals surface area contributed by atoms with Gasteiger partial charge in [-0.15, -0.1) is 0 Å². The molecule has 0 aliphatic heterocycles. The van der Waals surface area contributed by atoms with Crippen LogP contribution in [0.15, 0.2) is 53.4 Å². The monoisotopic (exact) mass is 291 g/mol. The maximum Gasteiger partial charge on any atom is 0.261 e. The molecule has 0 saturated heterocycles. The molecule has 20 heavy (non-hydrogen) atoms. The fraction of sp³-hybridized carbons (Fsp3) is 0.200. The number of hydrogen-bond acceptors (Lipinski definition) is 3. The summed E-state index contributed by atoms with van der Waals surface area (Å²) >= 11 is 0. The van der Waals surface area contributed by atoms with Crippen LogP contribution in [0.25, 0.3) is 0 Å². The molecule has 0 aliphatic rings. The lowest BCUT2D eigenvalue weighted by Crippen LogP contribution is -2.14. The Balaban J connectivity index is 2.36. The molecule has 2 rings (SSSR count). The highest BCUT2D eigenvalue weighted by Crippen LogP contribution is 2.22. The molecule has 0 bridgehead atoms. The molecule has 5 heteroatoms. The molecule has 0 aromatic heterocycles. The molecule has 0 saturated carbocycles. The van der Waals surface area contributed by atoms with Crippen molar-refractivity contribution in [2.75, 3.05) is 11.8 Å². The Hall–Kier alpha value is -1.85. The third-order valence-corrected chi connectivity index (χ3v) is 4.24. The number of sulfonamides is 1. The Labute approximate surface area is 119 Å². The number of nitrogens with one attached hydrogen (secondary N) is 1. The van der Waals surface area contributed by atoms with E-state index in [4.69, 9.17) is 4.74 Å². The Bertz CT molecular complexity index is 682. The molecule has 0 aliphatic carbocycles. The lowest BCUT2D eigenvalue weighted by atomic mass is 10.1. The molecule has 2 aromatic rings. The van der Waals surface area contributed by atoms with Crippen LogP contribution < -0.4 is 4.72 Å². The number of hydrogen-bond donors (Lipinski definition) is 1. The maximum absolute atomic E-state index is 12.3. The molecular formula is C15H17NO3S. The second-order valence-electron chi connectivity index (χ2n) is 4.51. The van der Waals surface area contributed by atoms with Crippen molar-refractivity contribution in [1.82, 2.24) is 0 Å². The van der Waals surface area contributed by atoms with Gasteiger partial charge in [0.25, 0.3) is 10.0 Å². The largest absolute Gasteiger partial charge is 0.380 e. The molecule has 4 nitrogen and oxygen atoms in total. The summed E-state index contributed by atoms with van der Waals surface area (Å²) in [7, 11) is -2.00. The SMILES string of the molecule is COCc1ccc(C)cc1NS(=O)(=O)c1ccccc1. The Morgan fingerprint density at radius 1 is 1.10 bits per heavy atom. The van der Waals surface area contributed by atoms with Gasteiger partial charge in [0, 0.05) is 12.7 Å². The summed E-state index contributed by atoms with van der Waals surface area (Å²) in [5.41, 5.74) is 2.34. The Morgan fingerprint density at radius 3 is 2.45 bits per heavy atom. The minimum Gasteiger partial charge on any atom is -0.380 e. The number of anilines is 1. The van der Waals surface area contributed by atoms with Crippen LogP contribution in [0.2, 0.25) is 0 Å². The van der Waals surface area contributed by atoms with Crippen LogP contribution in [-0.4, -0.2) is 15.5 Å². The number of benzene rings is 2. The van der Waals surface area contributed by atoms with Gasteiger partial charge in [-0.25, -0.2) is 8.42 Å². The quantitative estimate of drug-likeness (QED) is 0.921. The summed E-state index contributed by atoms with van der Waals surface area (Å²) in [5, 5.41) is 0. The summed E-state index contributed by atoms with van der Waals surface area (Å²) in [5.74, 6) is 0. The van der Waals surface area contributed by atoms with E-state index >= 15 is 0 Å². The van der Waals surface area contributed by atoms with Crippen molar-refractivity contribution in [2.45, 2.75) is 18.4 Å². The van der Waals surface area contributed by atoms with Gasteiger partial charge >= 0.3 is 0 Å². The molecule has 2 aromatic carbocycles. The van der Waals surface area contributed by atoms with Crippen LogP contribution in [0.5, 0.6) is 0 Å². The van der Waals surface area contributed by atoms with E-state index in [9.17, 15) is 8.42 Å². The van der Waals surface area contributed by atoms with E-state index < -0.39 is 10.0 Å². The third-order valence-electron chi connectivity index (χ3n) is 2.86. The fourth-order valence-electron chi connectivity index (χ4n) is 1.87.